The maximum absolute atomic E-state index is 12.7. The predicted octanol–water partition coefficient (Wildman–Crippen LogP) is 5.37. The SMILES string of the molecule is N#C/C(=C/c1cc(Cl)c(O)c(Br)c1)C(=O)Nc1cccc(C(F)(F)F)c1. The second kappa shape index (κ2) is 7.81. The quantitative estimate of drug-likeness (QED) is 0.493. The van der Waals surface area contributed by atoms with Crippen LogP contribution in [-0.4, -0.2) is 11.0 Å². The van der Waals surface area contributed by atoms with Crippen molar-refractivity contribution in [2.45, 2.75) is 6.18 Å². The molecular formula is C17H9BrClF3N2O2. The van der Waals surface area contributed by atoms with Crippen LogP contribution >= 0.6 is 27.5 Å². The number of alkyl halides is 3. The molecule has 134 valence electrons. The molecule has 0 fully saturated rings. The van der Waals surface area contributed by atoms with Crippen LogP contribution in [0.3, 0.4) is 0 Å². The maximum atomic E-state index is 12.7. The zero-order chi connectivity index (χ0) is 19.5. The minimum atomic E-state index is -4.55. The number of nitrogens with one attached hydrogen (secondary N) is 1. The molecule has 0 aromatic heterocycles. The smallest absolute Gasteiger partial charge is 0.416 e. The fourth-order valence-electron chi connectivity index (χ4n) is 1.96. The summed E-state index contributed by atoms with van der Waals surface area (Å²) in [5, 5.41) is 21.0. The zero-order valence-corrected chi connectivity index (χ0v) is 15.1. The summed E-state index contributed by atoms with van der Waals surface area (Å²) < 4.78 is 38.4. The van der Waals surface area contributed by atoms with Gasteiger partial charge in [-0.05, 0) is 57.9 Å². The van der Waals surface area contributed by atoms with Crippen molar-refractivity contribution in [3.8, 4) is 11.8 Å². The number of nitriles is 1. The molecule has 26 heavy (non-hydrogen) atoms. The van der Waals surface area contributed by atoms with E-state index in [1.807, 2.05) is 0 Å². The van der Waals surface area contributed by atoms with Gasteiger partial charge in [-0.2, -0.15) is 18.4 Å². The Hall–Kier alpha value is -2.50. The van der Waals surface area contributed by atoms with Gasteiger partial charge in [-0.1, -0.05) is 17.7 Å². The Morgan fingerprint density at radius 2 is 2.00 bits per heavy atom. The molecule has 0 atom stereocenters. The Bertz CT molecular complexity index is 913. The largest absolute Gasteiger partial charge is 0.505 e. The van der Waals surface area contributed by atoms with Crippen LogP contribution < -0.4 is 5.32 Å². The molecule has 2 aromatic carbocycles. The molecule has 0 saturated heterocycles. The number of aromatic hydroxyl groups is 1. The third-order valence-electron chi connectivity index (χ3n) is 3.16. The molecule has 0 spiro atoms. The number of carbonyl (C=O) groups excluding carboxylic acids is 1. The van der Waals surface area contributed by atoms with Gasteiger partial charge in [-0.25, -0.2) is 0 Å². The first-order valence-electron chi connectivity index (χ1n) is 6.90. The molecule has 2 aromatic rings. The summed E-state index contributed by atoms with van der Waals surface area (Å²) >= 11 is 8.89. The zero-order valence-electron chi connectivity index (χ0n) is 12.7. The number of hydrogen-bond acceptors (Lipinski definition) is 3. The maximum Gasteiger partial charge on any atom is 0.416 e. The molecule has 0 aliphatic heterocycles. The normalized spacial score (nSPS) is 11.8. The first-order chi connectivity index (χ1) is 12.1. The number of hydrogen-bond donors (Lipinski definition) is 2. The van der Waals surface area contributed by atoms with Crippen molar-refractivity contribution >= 4 is 45.2 Å². The summed E-state index contributed by atoms with van der Waals surface area (Å²) in [7, 11) is 0. The second-order valence-corrected chi connectivity index (χ2v) is 6.30. The number of carbonyl (C=O) groups is 1. The van der Waals surface area contributed by atoms with E-state index in [0.29, 0.717) is 5.56 Å². The van der Waals surface area contributed by atoms with Gasteiger partial charge in [0, 0.05) is 5.69 Å². The van der Waals surface area contributed by atoms with Crippen LogP contribution in [-0.2, 0) is 11.0 Å². The summed E-state index contributed by atoms with van der Waals surface area (Å²) in [5.41, 5.74) is -1.03. The minimum Gasteiger partial charge on any atom is -0.505 e. The minimum absolute atomic E-state index is 0.00111. The number of rotatable bonds is 3. The first kappa shape index (κ1) is 19.8. The summed E-state index contributed by atoms with van der Waals surface area (Å²) in [6.07, 6.45) is -3.36. The molecule has 4 nitrogen and oxygen atoms in total. The highest BCUT2D eigenvalue weighted by Crippen LogP contribution is 2.34. The van der Waals surface area contributed by atoms with E-state index in [1.165, 1.54) is 24.3 Å². The van der Waals surface area contributed by atoms with Gasteiger partial charge < -0.3 is 10.4 Å². The number of phenolic OH excluding ortho intramolecular Hbond substituents is 1. The molecule has 9 heteroatoms. The summed E-state index contributed by atoms with van der Waals surface area (Å²) in [4.78, 5) is 12.2. The highest BCUT2D eigenvalue weighted by molar-refractivity contribution is 9.10. The van der Waals surface area contributed by atoms with Gasteiger partial charge in [0.1, 0.15) is 17.4 Å². The molecule has 0 saturated carbocycles. The van der Waals surface area contributed by atoms with E-state index < -0.39 is 17.6 Å². The summed E-state index contributed by atoms with van der Waals surface area (Å²) in [6.45, 7) is 0. The highest BCUT2D eigenvalue weighted by atomic mass is 79.9. The molecule has 0 aliphatic carbocycles. The first-order valence-corrected chi connectivity index (χ1v) is 8.07. The molecule has 2 rings (SSSR count). The predicted molar refractivity (Wildman–Crippen MR) is 94.5 cm³/mol. The molecule has 0 unspecified atom stereocenters. The monoisotopic (exact) mass is 444 g/mol. The number of anilines is 1. The Labute approximate surface area is 159 Å². The Morgan fingerprint density at radius 3 is 2.58 bits per heavy atom. The van der Waals surface area contributed by atoms with Crippen LogP contribution in [0, 0.1) is 11.3 Å². The lowest BCUT2D eigenvalue weighted by Crippen LogP contribution is -2.14. The fourth-order valence-corrected chi connectivity index (χ4v) is 2.78. The lowest BCUT2D eigenvalue weighted by molar-refractivity contribution is -0.137. The molecule has 0 heterocycles. The highest BCUT2D eigenvalue weighted by Gasteiger charge is 2.30. The topological polar surface area (TPSA) is 73.1 Å². The molecular weight excluding hydrogens is 437 g/mol. The van der Waals surface area contributed by atoms with E-state index in [9.17, 15) is 23.1 Å². The van der Waals surface area contributed by atoms with E-state index in [2.05, 4.69) is 21.2 Å². The van der Waals surface area contributed by atoms with E-state index >= 15 is 0 Å². The van der Waals surface area contributed by atoms with E-state index in [4.69, 9.17) is 16.9 Å². The third-order valence-corrected chi connectivity index (χ3v) is 4.06. The lowest BCUT2D eigenvalue weighted by atomic mass is 10.1. The number of nitrogens with zero attached hydrogens (tertiary/aromatic N) is 1. The van der Waals surface area contributed by atoms with Crippen molar-refractivity contribution in [1.29, 1.82) is 5.26 Å². The number of benzene rings is 2. The van der Waals surface area contributed by atoms with Gasteiger partial charge in [-0.15, -0.1) is 0 Å². The van der Waals surface area contributed by atoms with Gasteiger partial charge in [0.2, 0.25) is 0 Å². The fraction of sp³-hybridized carbons (Fsp3) is 0.0588. The van der Waals surface area contributed by atoms with Gasteiger partial charge in [0.25, 0.3) is 5.91 Å². The van der Waals surface area contributed by atoms with Crippen molar-refractivity contribution in [1.82, 2.24) is 0 Å². The standard InChI is InChI=1S/C17H9BrClF3N2O2/c18-13-5-9(6-14(19)15(13)25)4-10(8-23)16(26)24-12-3-1-2-11(7-12)17(20,21)22/h1-7,25H,(H,24,26)/b10-4-. The number of phenols is 1. The third kappa shape index (κ3) is 4.77. The van der Waals surface area contributed by atoms with Gasteiger partial charge >= 0.3 is 6.18 Å². The van der Waals surface area contributed by atoms with Crippen molar-refractivity contribution in [3.63, 3.8) is 0 Å². The average molecular weight is 446 g/mol. The lowest BCUT2D eigenvalue weighted by Gasteiger charge is -2.09. The summed E-state index contributed by atoms with van der Waals surface area (Å²) in [5.74, 6) is -1.08. The molecule has 0 bridgehead atoms. The average Bonchev–Trinajstić information content (AvgIpc) is 2.56. The van der Waals surface area contributed by atoms with Gasteiger partial charge in [-0.3, -0.25) is 4.79 Å². The Morgan fingerprint density at radius 1 is 1.31 bits per heavy atom. The molecule has 0 radical (unpaired) electrons. The van der Waals surface area contributed by atoms with Gasteiger partial charge in [0.05, 0.1) is 15.1 Å². The van der Waals surface area contributed by atoms with Crippen molar-refractivity contribution in [2.75, 3.05) is 5.32 Å². The van der Waals surface area contributed by atoms with E-state index in [-0.39, 0.29) is 26.5 Å². The van der Waals surface area contributed by atoms with Crippen LogP contribution in [0.5, 0.6) is 5.75 Å². The molecule has 1 amide bonds. The second-order valence-electron chi connectivity index (χ2n) is 5.04. The molecule has 2 N–H and O–H groups in total. The van der Waals surface area contributed by atoms with Crippen LogP contribution in [0.4, 0.5) is 18.9 Å². The van der Waals surface area contributed by atoms with Gasteiger partial charge in [0.15, 0.2) is 0 Å². The number of amides is 1. The molecule has 0 aliphatic rings. The van der Waals surface area contributed by atoms with E-state index in [1.54, 1.807) is 6.07 Å². The van der Waals surface area contributed by atoms with Crippen LogP contribution in [0.2, 0.25) is 5.02 Å². The van der Waals surface area contributed by atoms with Crippen LogP contribution in [0.1, 0.15) is 11.1 Å². The van der Waals surface area contributed by atoms with Crippen molar-refractivity contribution < 1.29 is 23.1 Å². The Balaban J connectivity index is 2.29. The van der Waals surface area contributed by atoms with E-state index in [0.717, 1.165) is 18.2 Å². The van der Waals surface area contributed by atoms with Crippen molar-refractivity contribution in [3.05, 3.63) is 62.6 Å². The Kier molecular flexibility index (Phi) is 5.95. The van der Waals surface area contributed by atoms with Crippen molar-refractivity contribution in [2.24, 2.45) is 0 Å². The van der Waals surface area contributed by atoms with Crippen LogP contribution in [0.25, 0.3) is 6.08 Å². The summed E-state index contributed by atoms with van der Waals surface area (Å²) in [6, 6.07) is 8.48. The number of halogens is 5. The van der Waals surface area contributed by atoms with Crippen LogP contribution in [0.15, 0.2) is 46.4 Å².